The van der Waals surface area contributed by atoms with Crippen molar-refractivity contribution in [1.29, 1.82) is 0 Å². The average molecular weight is 194 g/mol. The Morgan fingerprint density at radius 1 is 1.64 bits per heavy atom. The zero-order valence-corrected chi connectivity index (χ0v) is 8.40. The molecular formula is C10H14N2O2. The molecule has 0 spiro atoms. The Bertz CT molecular complexity index is 353. The van der Waals surface area contributed by atoms with E-state index in [0.29, 0.717) is 0 Å². The van der Waals surface area contributed by atoms with Gasteiger partial charge in [0.1, 0.15) is 0 Å². The summed E-state index contributed by atoms with van der Waals surface area (Å²) < 4.78 is 1.88. The Balaban J connectivity index is 2.97. The third kappa shape index (κ3) is 2.22. The van der Waals surface area contributed by atoms with Crippen molar-refractivity contribution in [2.75, 3.05) is 0 Å². The van der Waals surface area contributed by atoms with E-state index in [-0.39, 0.29) is 0 Å². The number of carboxylic acid groups (broad SMARTS) is 1. The normalized spacial score (nSPS) is 11.0. The lowest BCUT2D eigenvalue weighted by atomic mass is 10.2. The van der Waals surface area contributed by atoms with Crippen molar-refractivity contribution >= 4 is 12.0 Å². The minimum atomic E-state index is -0.934. The van der Waals surface area contributed by atoms with Gasteiger partial charge in [0.2, 0.25) is 0 Å². The maximum Gasteiger partial charge on any atom is 0.328 e. The molecule has 76 valence electrons. The van der Waals surface area contributed by atoms with E-state index in [1.54, 1.807) is 12.3 Å². The van der Waals surface area contributed by atoms with Crippen LogP contribution in [0.1, 0.15) is 25.1 Å². The van der Waals surface area contributed by atoms with Gasteiger partial charge in [-0.05, 0) is 19.4 Å². The van der Waals surface area contributed by atoms with Crippen molar-refractivity contribution in [3.05, 3.63) is 23.5 Å². The van der Waals surface area contributed by atoms with Crippen molar-refractivity contribution in [3.63, 3.8) is 0 Å². The van der Waals surface area contributed by atoms with Gasteiger partial charge in [0.25, 0.3) is 0 Å². The number of carboxylic acids is 1. The third-order valence-electron chi connectivity index (χ3n) is 2.02. The molecule has 1 N–H and O–H groups in total. The fourth-order valence-corrected chi connectivity index (χ4v) is 1.38. The van der Waals surface area contributed by atoms with E-state index in [1.165, 1.54) is 0 Å². The van der Waals surface area contributed by atoms with Gasteiger partial charge < -0.3 is 5.11 Å². The van der Waals surface area contributed by atoms with E-state index < -0.39 is 5.97 Å². The van der Waals surface area contributed by atoms with Crippen molar-refractivity contribution in [2.45, 2.75) is 26.8 Å². The molecule has 1 aromatic rings. The van der Waals surface area contributed by atoms with Crippen LogP contribution >= 0.6 is 0 Å². The van der Waals surface area contributed by atoms with Crippen LogP contribution in [-0.2, 0) is 17.8 Å². The van der Waals surface area contributed by atoms with E-state index in [9.17, 15) is 4.79 Å². The first-order valence-corrected chi connectivity index (χ1v) is 4.64. The van der Waals surface area contributed by atoms with Crippen molar-refractivity contribution in [3.8, 4) is 0 Å². The Labute approximate surface area is 82.9 Å². The molecule has 0 bridgehead atoms. The Hall–Kier alpha value is -1.58. The molecule has 0 aromatic carbocycles. The molecule has 0 radical (unpaired) electrons. The molecule has 1 rings (SSSR count). The molecule has 1 heterocycles. The van der Waals surface area contributed by atoms with Crippen molar-refractivity contribution in [1.82, 2.24) is 9.78 Å². The second-order valence-electron chi connectivity index (χ2n) is 2.89. The first-order chi connectivity index (χ1) is 6.69. The van der Waals surface area contributed by atoms with Crippen LogP contribution in [0.5, 0.6) is 0 Å². The van der Waals surface area contributed by atoms with Gasteiger partial charge in [-0.15, -0.1) is 0 Å². The second kappa shape index (κ2) is 4.60. The molecule has 0 amide bonds. The molecule has 0 atom stereocenters. The SMILES string of the molecule is CCc1c(/C=C/C(=O)O)cnn1CC. The Morgan fingerprint density at radius 3 is 2.86 bits per heavy atom. The van der Waals surface area contributed by atoms with E-state index in [1.807, 2.05) is 18.5 Å². The van der Waals surface area contributed by atoms with Gasteiger partial charge in [0, 0.05) is 23.9 Å². The maximum atomic E-state index is 10.3. The molecule has 0 aliphatic carbocycles. The predicted octanol–water partition coefficient (Wildman–Crippen LogP) is 1.56. The summed E-state index contributed by atoms with van der Waals surface area (Å²) in [6.45, 7) is 4.85. The topological polar surface area (TPSA) is 55.1 Å². The fourth-order valence-electron chi connectivity index (χ4n) is 1.38. The molecule has 14 heavy (non-hydrogen) atoms. The molecule has 4 nitrogen and oxygen atoms in total. The first-order valence-electron chi connectivity index (χ1n) is 4.64. The minimum absolute atomic E-state index is 0.810. The highest BCUT2D eigenvalue weighted by Gasteiger charge is 2.04. The number of nitrogens with zero attached hydrogens (tertiary/aromatic N) is 2. The number of aryl methyl sites for hydroxylation is 1. The minimum Gasteiger partial charge on any atom is -0.478 e. The first kappa shape index (κ1) is 10.5. The standard InChI is InChI=1S/C10H14N2O2/c1-3-9-8(5-6-10(13)14)7-11-12(9)4-2/h5-7H,3-4H2,1-2H3,(H,13,14)/b6-5+. The molecule has 1 aromatic heterocycles. The zero-order chi connectivity index (χ0) is 10.6. The number of hydrogen-bond donors (Lipinski definition) is 1. The molecular weight excluding hydrogens is 180 g/mol. The van der Waals surface area contributed by atoms with Crippen LogP contribution in [0, 0.1) is 0 Å². The summed E-state index contributed by atoms with van der Waals surface area (Å²) >= 11 is 0. The zero-order valence-electron chi connectivity index (χ0n) is 8.40. The lowest BCUT2D eigenvalue weighted by Crippen LogP contribution is -2.01. The Kier molecular flexibility index (Phi) is 3.45. The molecule has 4 heteroatoms. The number of hydrogen-bond acceptors (Lipinski definition) is 2. The number of aromatic nitrogens is 2. The molecule has 0 aliphatic rings. The van der Waals surface area contributed by atoms with Crippen LogP contribution in [0.15, 0.2) is 12.3 Å². The van der Waals surface area contributed by atoms with Crippen LogP contribution in [0.2, 0.25) is 0 Å². The summed E-state index contributed by atoms with van der Waals surface area (Å²) in [6, 6.07) is 0. The van der Waals surface area contributed by atoms with Crippen LogP contribution < -0.4 is 0 Å². The molecule has 0 saturated heterocycles. The molecule has 0 fully saturated rings. The average Bonchev–Trinajstić information content (AvgIpc) is 2.56. The molecule has 0 saturated carbocycles. The maximum absolute atomic E-state index is 10.3. The van der Waals surface area contributed by atoms with Gasteiger partial charge in [-0.1, -0.05) is 6.92 Å². The summed E-state index contributed by atoms with van der Waals surface area (Å²) in [5, 5.41) is 12.6. The lowest BCUT2D eigenvalue weighted by molar-refractivity contribution is -0.131. The summed E-state index contributed by atoms with van der Waals surface area (Å²) in [5.41, 5.74) is 1.96. The van der Waals surface area contributed by atoms with Gasteiger partial charge in [0.15, 0.2) is 0 Å². The van der Waals surface area contributed by atoms with Crippen LogP contribution in [-0.4, -0.2) is 20.9 Å². The highest BCUT2D eigenvalue weighted by Crippen LogP contribution is 2.11. The fraction of sp³-hybridized carbons (Fsp3) is 0.400. The van der Waals surface area contributed by atoms with Gasteiger partial charge >= 0.3 is 5.97 Å². The number of aliphatic carboxylic acids is 1. The van der Waals surface area contributed by atoms with Gasteiger partial charge in [0.05, 0.1) is 6.20 Å². The third-order valence-corrected chi connectivity index (χ3v) is 2.02. The highest BCUT2D eigenvalue weighted by molar-refractivity contribution is 5.85. The van der Waals surface area contributed by atoms with Crippen molar-refractivity contribution in [2.24, 2.45) is 0 Å². The summed E-state index contributed by atoms with van der Waals surface area (Å²) in [4.78, 5) is 10.3. The Morgan fingerprint density at radius 2 is 2.36 bits per heavy atom. The van der Waals surface area contributed by atoms with E-state index >= 15 is 0 Å². The summed E-state index contributed by atoms with van der Waals surface area (Å²) in [5.74, 6) is -0.934. The van der Waals surface area contributed by atoms with Crippen LogP contribution in [0.4, 0.5) is 0 Å². The molecule has 0 unspecified atom stereocenters. The summed E-state index contributed by atoms with van der Waals surface area (Å²) in [7, 11) is 0. The predicted molar refractivity (Wildman–Crippen MR) is 53.9 cm³/mol. The van der Waals surface area contributed by atoms with Gasteiger partial charge in [-0.3, -0.25) is 4.68 Å². The second-order valence-corrected chi connectivity index (χ2v) is 2.89. The van der Waals surface area contributed by atoms with Crippen LogP contribution in [0.3, 0.4) is 0 Å². The summed E-state index contributed by atoms with van der Waals surface area (Å²) in [6.07, 6.45) is 5.27. The van der Waals surface area contributed by atoms with E-state index in [2.05, 4.69) is 5.10 Å². The highest BCUT2D eigenvalue weighted by atomic mass is 16.4. The van der Waals surface area contributed by atoms with E-state index in [4.69, 9.17) is 5.11 Å². The quantitative estimate of drug-likeness (QED) is 0.740. The largest absolute Gasteiger partial charge is 0.478 e. The smallest absolute Gasteiger partial charge is 0.328 e. The lowest BCUT2D eigenvalue weighted by Gasteiger charge is -2.01. The monoisotopic (exact) mass is 194 g/mol. The number of rotatable bonds is 4. The van der Waals surface area contributed by atoms with Gasteiger partial charge in [-0.2, -0.15) is 5.10 Å². The number of carbonyl (C=O) groups is 1. The van der Waals surface area contributed by atoms with E-state index in [0.717, 1.165) is 30.3 Å². The van der Waals surface area contributed by atoms with Crippen molar-refractivity contribution < 1.29 is 9.90 Å². The van der Waals surface area contributed by atoms with Gasteiger partial charge in [-0.25, -0.2) is 4.79 Å². The molecule has 0 aliphatic heterocycles. The van der Waals surface area contributed by atoms with Crippen LogP contribution in [0.25, 0.3) is 6.08 Å².